The molecule has 6 nitrogen and oxygen atoms in total. The quantitative estimate of drug-likeness (QED) is 0.901. The molecule has 1 unspecified atom stereocenters. The number of nitrogens with one attached hydrogen (secondary N) is 1. The summed E-state index contributed by atoms with van der Waals surface area (Å²) >= 11 is 0. The average molecular weight is 273 g/mol. The van der Waals surface area contributed by atoms with Crippen molar-refractivity contribution in [3.05, 3.63) is 30.9 Å². The molecule has 0 bridgehead atoms. The maximum absolute atomic E-state index is 5.49. The van der Waals surface area contributed by atoms with Gasteiger partial charge in [0, 0.05) is 38.2 Å². The van der Waals surface area contributed by atoms with E-state index in [4.69, 9.17) is 4.74 Å². The van der Waals surface area contributed by atoms with Crippen LogP contribution in [0.2, 0.25) is 0 Å². The van der Waals surface area contributed by atoms with Crippen molar-refractivity contribution in [3.63, 3.8) is 0 Å². The van der Waals surface area contributed by atoms with Crippen LogP contribution >= 0.6 is 0 Å². The van der Waals surface area contributed by atoms with Crippen LogP contribution in [-0.2, 0) is 4.74 Å². The SMILES string of the molecule is c1cnn(-c2cc(NCCC3CCCOC3)ncn2)c1. The maximum Gasteiger partial charge on any atom is 0.158 e. The summed E-state index contributed by atoms with van der Waals surface area (Å²) in [6.07, 6.45) is 8.72. The van der Waals surface area contributed by atoms with Crippen molar-refractivity contribution in [1.82, 2.24) is 19.7 Å². The molecule has 1 fully saturated rings. The third kappa shape index (κ3) is 3.33. The predicted octanol–water partition coefficient (Wildman–Crippen LogP) is 1.89. The van der Waals surface area contributed by atoms with Gasteiger partial charge >= 0.3 is 0 Å². The van der Waals surface area contributed by atoms with Gasteiger partial charge in [0.1, 0.15) is 12.1 Å². The highest BCUT2D eigenvalue weighted by atomic mass is 16.5. The molecule has 2 aromatic rings. The van der Waals surface area contributed by atoms with E-state index in [0.717, 1.165) is 37.8 Å². The molecule has 1 saturated heterocycles. The lowest BCUT2D eigenvalue weighted by atomic mass is 9.99. The van der Waals surface area contributed by atoms with Crippen molar-refractivity contribution in [2.75, 3.05) is 25.1 Å². The molecule has 2 aromatic heterocycles. The van der Waals surface area contributed by atoms with Gasteiger partial charge in [0.2, 0.25) is 0 Å². The molecule has 1 N–H and O–H groups in total. The Morgan fingerprint density at radius 3 is 3.20 bits per heavy atom. The Balaban J connectivity index is 1.53. The highest BCUT2D eigenvalue weighted by molar-refractivity contribution is 5.39. The Hall–Kier alpha value is -1.95. The molecule has 6 heteroatoms. The molecule has 0 aliphatic carbocycles. The van der Waals surface area contributed by atoms with Crippen molar-refractivity contribution < 1.29 is 4.74 Å². The first kappa shape index (κ1) is 13.1. The standard InChI is InChI=1S/C14H19N5O/c1-3-12(10-20-8-1)4-6-15-13-9-14(17-11-16-13)19-7-2-5-18-19/h2,5,7,9,11-12H,1,3-4,6,8,10H2,(H,15,16,17). The first-order chi connectivity index (χ1) is 9.92. The number of nitrogens with zero attached hydrogens (tertiary/aromatic N) is 4. The van der Waals surface area contributed by atoms with E-state index in [2.05, 4.69) is 20.4 Å². The van der Waals surface area contributed by atoms with E-state index in [1.54, 1.807) is 17.2 Å². The van der Waals surface area contributed by atoms with Crippen LogP contribution in [-0.4, -0.2) is 39.5 Å². The summed E-state index contributed by atoms with van der Waals surface area (Å²) in [5, 5.41) is 7.51. The molecule has 1 aliphatic heterocycles. The van der Waals surface area contributed by atoms with E-state index >= 15 is 0 Å². The number of hydrogen-bond acceptors (Lipinski definition) is 5. The molecular formula is C14H19N5O. The maximum atomic E-state index is 5.49. The average Bonchev–Trinajstić information content (AvgIpc) is 3.03. The van der Waals surface area contributed by atoms with Gasteiger partial charge in [-0.2, -0.15) is 5.10 Å². The minimum atomic E-state index is 0.670. The highest BCUT2D eigenvalue weighted by Gasteiger charge is 2.13. The Labute approximate surface area is 118 Å². The Morgan fingerprint density at radius 2 is 2.40 bits per heavy atom. The van der Waals surface area contributed by atoms with Gasteiger partial charge in [0.05, 0.1) is 0 Å². The summed E-state index contributed by atoms with van der Waals surface area (Å²) in [6.45, 7) is 2.72. The lowest BCUT2D eigenvalue weighted by molar-refractivity contribution is 0.0530. The lowest BCUT2D eigenvalue weighted by Crippen LogP contribution is -2.20. The Bertz CT molecular complexity index is 522. The third-order valence-corrected chi connectivity index (χ3v) is 3.51. The molecule has 0 radical (unpaired) electrons. The summed E-state index contributed by atoms with van der Waals surface area (Å²) in [5.41, 5.74) is 0. The number of anilines is 1. The van der Waals surface area contributed by atoms with Gasteiger partial charge in [-0.15, -0.1) is 0 Å². The number of ether oxygens (including phenoxy) is 1. The first-order valence-electron chi connectivity index (χ1n) is 7.05. The summed E-state index contributed by atoms with van der Waals surface area (Å²) in [7, 11) is 0. The van der Waals surface area contributed by atoms with Crippen molar-refractivity contribution in [1.29, 1.82) is 0 Å². The van der Waals surface area contributed by atoms with Gasteiger partial charge in [-0.1, -0.05) is 0 Å². The van der Waals surface area contributed by atoms with Crippen LogP contribution in [0.25, 0.3) is 5.82 Å². The fraction of sp³-hybridized carbons (Fsp3) is 0.500. The summed E-state index contributed by atoms with van der Waals surface area (Å²) in [4.78, 5) is 8.45. The smallest absolute Gasteiger partial charge is 0.158 e. The van der Waals surface area contributed by atoms with Crippen LogP contribution < -0.4 is 5.32 Å². The lowest BCUT2D eigenvalue weighted by Gasteiger charge is -2.22. The van der Waals surface area contributed by atoms with Gasteiger partial charge < -0.3 is 10.1 Å². The van der Waals surface area contributed by atoms with E-state index in [0.29, 0.717) is 5.92 Å². The fourth-order valence-electron chi connectivity index (χ4n) is 2.41. The zero-order valence-electron chi connectivity index (χ0n) is 11.4. The van der Waals surface area contributed by atoms with Gasteiger partial charge in [0.15, 0.2) is 5.82 Å². The molecular weight excluding hydrogens is 254 g/mol. The van der Waals surface area contributed by atoms with Gasteiger partial charge in [0.25, 0.3) is 0 Å². The van der Waals surface area contributed by atoms with Crippen molar-refractivity contribution in [3.8, 4) is 5.82 Å². The molecule has 1 atom stereocenters. The zero-order valence-corrected chi connectivity index (χ0v) is 11.4. The van der Waals surface area contributed by atoms with Crippen LogP contribution in [0.15, 0.2) is 30.9 Å². The van der Waals surface area contributed by atoms with E-state index in [1.165, 1.54) is 12.8 Å². The fourth-order valence-corrected chi connectivity index (χ4v) is 2.41. The van der Waals surface area contributed by atoms with Crippen LogP contribution in [0.1, 0.15) is 19.3 Å². The van der Waals surface area contributed by atoms with Crippen LogP contribution in [0, 0.1) is 5.92 Å². The topological polar surface area (TPSA) is 64.9 Å². The van der Waals surface area contributed by atoms with E-state index in [1.807, 2.05) is 18.3 Å². The second-order valence-electron chi connectivity index (χ2n) is 5.01. The van der Waals surface area contributed by atoms with Gasteiger partial charge in [-0.05, 0) is 31.2 Å². The molecule has 0 aromatic carbocycles. The highest BCUT2D eigenvalue weighted by Crippen LogP contribution is 2.17. The molecule has 3 heterocycles. The predicted molar refractivity (Wildman–Crippen MR) is 75.8 cm³/mol. The van der Waals surface area contributed by atoms with Crippen molar-refractivity contribution in [2.45, 2.75) is 19.3 Å². The molecule has 106 valence electrons. The molecule has 0 saturated carbocycles. The molecule has 1 aliphatic rings. The summed E-state index contributed by atoms with van der Waals surface area (Å²) in [6, 6.07) is 3.78. The Morgan fingerprint density at radius 1 is 1.40 bits per heavy atom. The van der Waals surface area contributed by atoms with Gasteiger partial charge in [-0.25, -0.2) is 14.6 Å². The molecule has 0 spiro atoms. The molecule has 3 rings (SSSR count). The summed E-state index contributed by atoms with van der Waals surface area (Å²) < 4.78 is 7.21. The van der Waals surface area contributed by atoms with Crippen molar-refractivity contribution in [2.24, 2.45) is 5.92 Å². The largest absolute Gasteiger partial charge is 0.381 e. The summed E-state index contributed by atoms with van der Waals surface area (Å²) in [5.74, 6) is 2.28. The van der Waals surface area contributed by atoms with Crippen LogP contribution in [0.3, 0.4) is 0 Å². The minimum Gasteiger partial charge on any atom is -0.381 e. The van der Waals surface area contributed by atoms with Crippen LogP contribution in [0.5, 0.6) is 0 Å². The number of rotatable bonds is 5. The van der Waals surface area contributed by atoms with E-state index in [-0.39, 0.29) is 0 Å². The van der Waals surface area contributed by atoms with E-state index < -0.39 is 0 Å². The molecule has 20 heavy (non-hydrogen) atoms. The normalized spacial score (nSPS) is 18.9. The zero-order chi connectivity index (χ0) is 13.6. The Kier molecular flexibility index (Phi) is 4.22. The van der Waals surface area contributed by atoms with E-state index in [9.17, 15) is 0 Å². The monoisotopic (exact) mass is 273 g/mol. The first-order valence-corrected chi connectivity index (χ1v) is 7.05. The molecule has 0 amide bonds. The number of hydrogen-bond donors (Lipinski definition) is 1. The van der Waals surface area contributed by atoms with Crippen LogP contribution in [0.4, 0.5) is 5.82 Å². The minimum absolute atomic E-state index is 0.670. The van der Waals surface area contributed by atoms with Crippen molar-refractivity contribution >= 4 is 5.82 Å². The second kappa shape index (κ2) is 6.47. The third-order valence-electron chi connectivity index (χ3n) is 3.51. The second-order valence-corrected chi connectivity index (χ2v) is 5.01. The number of aromatic nitrogens is 4. The van der Waals surface area contributed by atoms with Gasteiger partial charge in [-0.3, -0.25) is 0 Å².